The maximum absolute atomic E-state index is 2.58. The first-order valence-electron chi connectivity index (χ1n) is 6.28. The Balaban J connectivity index is 2.15. The molecule has 0 aliphatic heterocycles. The molecular weight excluding hydrogens is 168 g/mol. The van der Waals surface area contributed by atoms with Crippen molar-refractivity contribution in [3.63, 3.8) is 0 Å². The van der Waals surface area contributed by atoms with Crippen LogP contribution in [0.1, 0.15) is 47.0 Å². The maximum Gasteiger partial charge on any atom is -0.0198 e. The van der Waals surface area contributed by atoms with Crippen molar-refractivity contribution >= 4 is 0 Å². The molecule has 5 atom stereocenters. The van der Waals surface area contributed by atoms with Crippen LogP contribution in [0.4, 0.5) is 0 Å². The summed E-state index contributed by atoms with van der Waals surface area (Å²) >= 11 is 0. The minimum absolute atomic E-state index is 0.821. The van der Waals surface area contributed by atoms with Gasteiger partial charge in [-0.3, -0.25) is 0 Å². The highest BCUT2D eigenvalue weighted by Crippen LogP contribution is 2.44. The van der Waals surface area contributed by atoms with Gasteiger partial charge in [-0.15, -0.1) is 0 Å². The highest BCUT2D eigenvalue weighted by atomic mass is 14.4. The van der Waals surface area contributed by atoms with Crippen molar-refractivity contribution in [1.82, 2.24) is 0 Å². The minimum Gasteiger partial charge on any atom is -0.0819 e. The van der Waals surface area contributed by atoms with E-state index < -0.39 is 0 Å². The van der Waals surface area contributed by atoms with Gasteiger partial charge in [0.1, 0.15) is 0 Å². The van der Waals surface area contributed by atoms with Crippen LogP contribution in [0, 0.1) is 29.6 Å². The fourth-order valence-electron chi connectivity index (χ4n) is 3.19. The van der Waals surface area contributed by atoms with Gasteiger partial charge in [-0.25, -0.2) is 0 Å². The van der Waals surface area contributed by atoms with E-state index in [1.165, 1.54) is 19.3 Å². The summed E-state index contributed by atoms with van der Waals surface area (Å²) in [5, 5.41) is 0. The van der Waals surface area contributed by atoms with Gasteiger partial charge in [-0.2, -0.15) is 0 Å². The molecule has 0 nitrogen and oxygen atoms in total. The molecule has 14 heavy (non-hydrogen) atoms. The van der Waals surface area contributed by atoms with E-state index in [2.05, 4.69) is 33.8 Å². The summed E-state index contributed by atoms with van der Waals surface area (Å²) in [6, 6.07) is 0. The first kappa shape index (κ1) is 10.3. The summed E-state index contributed by atoms with van der Waals surface area (Å²) in [6.45, 7) is 9.66. The standard InChI is InChI=1S/C14H24/c1-9-5-13-7-11(3)12(4)8-14(13)6-10(9)2/h5,9-12,14H,6-8H2,1-4H3. The third-order valence-corrected chi connectivity index (χ3v) is 4.74. The molecule has 1 fully saturated rings. The second-order valence-electron chi connectivity index (χ2n) is 5.91. The van der Waals surface area contributed by atoms with Crippen LogP contribution in [0.2, 0.25) is 0 Å². The van der Waals surface area contributed by atoms with Crippen LogP contribution in [-0.4, -0.2) is 0 Å². The van der Waals surface area contributed by atoms with Crippen LogP contribution in [0.25, 0.3) is 0 Å². The summed E-state index contributed by atoms with van der Waals surface area (Å²) in [5.41, 5.74) is 1.79. The topological polar surface area (TPSA) is 0 Å². The lowest BCUT2D eigenvalue weighted by molar-refractivity contribution is 0.213. The van der Waals surface area contributed by atoms with Crippen LogP contribution in [0.3, 0.4) is 0 Å². The molecule has 0 N–H and O–H groups in total. The first-order chi connectivity index (χ1) is 6.58. The van der Waals surface area contributed by atoms with Gasteiger partial charge in [0.15, 0.2) is 0 Å². The van der Waals surface area contributed by atoms with Gasteiger partial charge in [-0.1, -0.05) is 39.3 Å². The smallest absolute Gasteiger partial charge is 0.0198 e. The predicted octanol–water partition coefficient (Wildman–Crippen LogP) is 4.27. The molecule has 0 saturated heterocycles. The van der Waals surface area contributed by atoms with Crippen molar-refractivity contribution in [2.24, 2.45) is 29.6 Å². The van der Waals surface area contributed by atoms with Gasteiger partial charge in [0.25, 0.3) is 0 Å². The van der Waals surface area contributed by atoms with E-state index >= 15 is 0 Å². The van der Waals surface area contributed by atoms with Gasteiger partial charge >= 0.3 is 0 Å². The molecule has 0 radical (unpaired) electrons. The monoisotopic (exact) mass is 192 g/mol. The zero-order valence-electron chi connectivity index (χ0n) is 10.1. The minimum atomic E-state index is 0.821. The highest BCUT2D eigenvalue weighted by Gasteiger charge is 2.33. The molecule has 80 valence electrons. The number of fused-ring (bicyclic) bond motifs is 1. The van der Waals surface area contributed by atoms with Crippen LogP contribution >= 0.6 is 0 Å². The molecule has 0 aromatic heterocycles. The van der Waals surface area contributed by atoms with E-state index in [1.807, 2.05) is 0 Å². The summed E-state index contributed by atoms with van der Waals surface area (Å²) in [5.74, 6) is 4.52. The lowest BCUT2D eigenvalue weighted by Crippen LogP contribution is -2.29. The van der Waals surface area contributed by atoms with Crippen LogP contribution < -0.4 is 0 Å². The second kappa shape index (κ2) is 3.72. The van der Waals surface area contributed by atoms with Crippen molar-refractivity contribution in [3.05, 3.63) is 11.6 Å². The van der Waals surface area contributed by atoms with E-state index in [0.29, 0.717) is 0 Å². The average molecular weight is 192 g/mol. The Kier molecular flexibility index (Phi) is 2.72. The van der Waals surface area contributed by atoms with Crippen LogP contribution in [0.15, 0.2) is 11.6 Å². The van der Waals surface area contributed by atoms with Crippen LogP contribution in [0.5, 0.6) is 0 Å². The average Bonchev–Trinajstić information content (AvgIpc) is 2.11. The predicted molar refractivity (Wildman–Crippen MR) is 62.1 cm³/mol. The Morgan fingerprint density at radius 1 is 0.929 bits per heavy atom. The quantitative estimate of drug-likeness (QED) is 0.503. The normalized spacial score (nSPS) is 48.3. The molecule has 2 aliphatic rings. The van der Waals surface area contributed by atoms with Crippen molar-refractivity contribution in [3.8, 4) is 0 Å². The molecule has 1 saturated carbocycles. The largest absolute Gasteiger partial charge is 0.0819 e. The fraction of sp³-hybridized carbons (Fsp3) is 0.857. The van der Waals surface area contributed by atoms with Gasteiger partial charge < -0.3 is 0 Å². The van der Waals surface area contributed by atoms with Gasteiger partial charge in [0.2, 0.25) is 0 Å². The Bertz CT molecular complexity index is 238. The SMILES string of the molecule is CC1C=C2CC(C)C(C)CC2CC1C. The molecular formula is C14H24. The zero-order chi connectivity index (χ0) is 10.3. The number of allylic oxidation sites excluding steroid dienone is 2. The van der Waals surface area contributed by atoms with Gasteiger partial charge in [0.05, 0.1) is 0 Å². The van der Waals surface area contributed by atoms with E-state index in [4.69, 9.17) is 0 Å². The lowest BCUT2D eigenvalue weighted by atomic mass is 9.65. The molecule has 2 aliphatic carbocycles. The maximum atomic E-state index is 2.58. The highest BCUT2D eigenvalue weighted by molar-refractivity contribution is 5.16. The Hall–Kier alpha value is -0.260. The molecule has 0 amide bonds. The molecule has 0 aromatic carbocycles. The van der Waals surface area contributed by atoms with Crippen LogP contribution in [-0.2, 0) is 0 Å². The zero-order valence-corrected chi connectivity index (χ0v) is 10.1. The van der Waals surface area contributed by atoms with E-state index in [0.717, 1.165) is 29.6 Å². The molecule has 2 rings (SSSR count). The molecule has 0 heteroatoms. The summed E-state index contributed by atoms with van der Waals surface area (Å²) in [7, 11) is 0. The van der Waals surface area contributed by atoms with Crippen molar-refractivity contribution in [2.45, 2.75) is 47.0 Å². The Morgan fingerprint density at radius 3 is 2.29 bits per heavy atom. The first-order valence-corrected chi connectivity index (χ1v) is 6.28. The van der Waals surface area contributed by atoms with Gasteiger partial charge in [0, 0.05) is 0 Å². The number of rotatable bonds is 0. The lowest BCUT2D eigenvalue weighted by Gasteiger charge is -2.40. The number of hydrogen-bond acceptors (Lipinski definition) is 0. The van der Waals surface area contributed by atoms with Crippen molar-refractivity contribution < 1.29 is 0 Å². The second-order valence-corrected chi connectivity index (χ2v) is 5.91. The van der Waals surface area contributed by atoms with E-state index in [-0.39, 0.29) is 0 Å². The van der Waals surface area contributed by atoms with Crippen molar-refractivity contribution in [1.29, 1.82) is 0 Å². The third-order valence-electron chi connectivity index (χ3n) is 4.74. The van der Waals surface area contributed by atoms with Gasteiger partial charge in [-0.05, 0) is 48.9 Å². The third kappa shape index (κ3) is 1.76. The fourth-order valence-corrected chi connectivity index (χ4v) is 3.19. The summed E-state index contributed by atoms with van der Waals surface area (Å²) in [4.78, 5) is 0. The molecule has 5 unspecified atom stereocenters. The van der Waals surface area contributed by atoms with E-state index in [1.54, 1.807) is 5.57 Å². The Labute approximate surface area is 88.8 Å². The molecule has 0 bridgehead atoms. The molecule has 0 spiro atoms. The van der Waals surface area contributed by atoms with E-state index in [9.17, 15) is 0 Å². The summed E-state index contributed by atoms with van der Waals surface area (Å²) in [6.07, 6.45) is 6.86. The van der Waals surface area contributed by atoms with Crippen molar-refractivity contribution in [2.75, 3.05) is 0 Å². The molecule has 0 heterocycles. The summed E-state index contributed by atoms with van der Waals surface area (Å²) < 4.78 is 0. The Morgan fingerprint density at radius 2 is 1.57 bits per heavy atom. The number of hydrogen-bond donors (Lipinski definition) is 0. The molecule has 0 aromatic rings.